The fourth-order valence-electron chi connectivity index (χ4n) is 3.67. The maximum absolute atomic E-state index is 4.34. The number of rotatable bonds is 0. The van der Waals surface area contributed by atoms with Gasteiger partial charge in [-0.05, 0) is 35.2 Å². The van der Waals surface area contributed by atoms with Crippen molar-refractivity contribution in [2.45, 2.75) is 26.2 Å². The molecular formula is C20H17N3. The average Bonchev–Trinajstić information content (AvgIpc) is 3.05. The summed E-state index contributed by atoms with van der Waals surface area (Å²) >= 11 is 0. The lowest BCUT2D eigenvalue weighted by atomic mass is 9.85. The van der Waals surface area contributed by atoms with Crippen LogP contribution in [0.1, 0.15) is 26.3 Å². The predicted octanol–water partition coefficient (Wildman–Crippen LogP) is 4.92. The predicted molar refractivity (Wildman–Crippen MR) is 95.4 cm³/mol. The lowest BCUT2D eigenvalue weighted by Gasteiger charge is -2.19. The Balaban J connectivity index is 2.17. The molecule has 4 heterocycles. The molecule has 3 heteroatoms. The van der Waals surface area contributed by atoms with E-state index in [4.69, 9.17) is 0 Å². The van der Waals surface area contributed by atoms with E-state index in [1.165, 1.54) is 32.6 Å². The minimum absolute atomic E-state index is 0.113. The van der Waals surface area contributed by atoms with E-state index in [1.807, 2.05) is 24.8 Å². The Hall–Kier alpha value is -2.68. The quantitative estimate of drug-likeness (QED) is 0.406. The summed E-state index contributed by atoms with van der Waals surface area (Å²) in [5.41, 5.74) is 5.06. The zero-order valence-electron chi connectivity index (χ0n) is 13.5. The molecule has 0 unspecified atom stereocenters. The van der Waals surface area contributed by atoms with Crippen LogP contribution < -0.4 is 0 Å². The lowest BCUT2D eigenvalue weighted by molar-refractivity contribution is 0.592. The zero-order valence-corrected chi connectivity index (χ0v) is 13.5. The van der Waals surface area contributed by atoms with Crippen molar-refractivity contribution < 1.29 is 0 Å². The van der Waals surface area contributed by atoms with E-state index in [9.17, 15) is 0 Å². The Morgan fingerprint density at radius 1 is 0.783 bits per heavy atom. The molecule has 0 radical (unpaired) electrons. The van der Waals surface area contributed by atoms with Crippen LogP contribution in [0.5, 0.6) is 0 Å². The minimum atomic E-state index is 0.113. The van der Waals surface area contributed by atoms with Crippen LogP contribution in [0.4, 0.5) is 0 Å². The Labute approximate surface area is 133 Å². The van der Waals surface area contributed by atoms with Gasteiger partial charge in [-0.25, -0.2) is 0 Å². The van der Waals surface area contributed by atoms with E-state index >= 15 is 0 Å². The summed E-state index contributed by atoms with van der Waals surface area (Å²) in [7, 11) is 0. The molecule has 0 saturated heterocycles. The van der Waals surface area contributed by atoms with Gasteiger partial charge in [0, 0.05) is 33.9 Å². The molecule has 1 aromatic carbocycles. The fourth-order valence-corrected chi connectivity index (χ4v) is 3.67. The first-order valence-corrected chi connectivity index (χ1v) is 7.93. The topological polar surface area (TPSA) is 30.2 Å². The third kappa shape index (κ3) is 1.54. The molecule has 3 nitrogen and oxygen atoms in total. The average molecular weight is 299 g/mol. The molecule has 5 aromatic rings. The number of pyridine rings is 2. The highest BCUT2D eigenvalue weighted by molar-refractivity contribution is 6.23. The van der Waals surface area contributed by atoms with Crippen LogP contribution in [-0.2, 0) is 5.41 Å². The summed E-state index contributed by atoms with van der Waals surface area (Å²) in [6, 6.07) is 8.92. The second-order valence-corrected chi connectivity index (χ2v) is 7.29. The van der Waals surface area contributed by atoms with Gasteiger partial charge in [-0.2, -0.15) is 0 Å². The van der Waals surface area contributed by atoms with Gasteiger partial charge in [0.25, 0.3) is 0 Å². The Morgan fingerprint density at radius 2 is 1.30 bits per heavy atom. The third-order valence-electron chi connectivity index (χ3n) is 4.86. The highest BCUT2D eigenvalue weighted by Gasteiger charge is 2.21. The Bertz CT molecular complexity index is 1110. The van der Waals surface area contributed by atoms with Crippen LogP contribution in [0.2, 0.25) is 0 Å². The number of nitrogens with zero attached hydrogens (tertiary/aromatic N) is 3. The molecule has 0 fully saturated rings. The fraction of sp³-hybridized carbons (Fsp3) is 0.200. The molecule has 0 aliphatic carbocycles. The van der Waals surface area contributed by atoms with Crippen LogP contribution in [-0.4, -0.2) is 14.4 Å². The van der Waals surface area contributed by atoms with Gasteiger partial charge in [-0.1, -0.05) is 20.8 Å². The normalized spacial score (nSPS) is 13.0. The maximum Gasteiger partial charge on any atom is 0.0725 e. The number of benzene rings is 1. The van der Waals surface area contributed by atoms with Crippen molar-refractivity contribution in [1.82, 2.24) is 14.4 Å². The van der Waals surface area contributed by atoms with Gasteiger partial charge >= 0.3 is 0 Å². The van der Waals surface area contributed by atoms with Crippen molar-refractivity contribution in [3.05, 3.63) is 54.6 Å². The summed E-state index contributed by atoms with van der Waals surface area (Å²) in [4.78, 5) is 8.69. The van der Waals surface area contributed by atoms with Gasteiger partial charge in [0.1, 0.15) is 0 Å². The van der Waals surface area contributed by atoms with Gasteiger partial charge in [-0.15, -0.1) is 0 Å². The summed E-state index contributed by atoms with van der Waals surface area (Å²) in [6.45, 7) is 6.80. The van der Waals surface area contributed by atoms with Crippen molar-refractivity contribution in [1.29, 1.82) is 0 Å². The minimum Gasteiger partial charge on any atom is -0.305 e. The highest BCUT2D eigenvalue weighted by atomic mass is 14.9. The standard InChI is InChI=1S/C20H17N3/c1-20(2,3)12-8-15-13-4-6-21-10-17(13)23-18-11-22-7-5-14(18)16(9-12)19(15)23/h4-11H,1-3H3. The molecule has 0 spiro atoms. The summed E-state index contributed by atoms with van der Waals surface area (Å²) in [5.74, 6) is 0. The van der Waals surface area contributed by atoms with Gasteiger partial charge in [0.15, 0.2) is 0 Å². The smallest absolute Gasteiger partial charge is 0.0725 e. The lowest BCUT2D eigenvalue weighted by Crippen LogP contribution is -2.10. The molecule has 112 valence electrons. The van der Waals surface area contributed by atoms with E-state index in [1.54, 1.807) is 0 Å². The molecular weight excluding hydrogens is 282 g/mol. The van der Waals surface area contributed by atoms with Crippen molar-refractivity contribution in [2.24, 2.45) is 0 Å². The van der Waals surface area contributed by atoms with E-state index in [0.717, 1.165) is 11.0 Å². The summed E-state index contributed by atoms with van der Waals surface area (Å²) in [5, 5.41) is 5.13. The molecule has 0 aliphatic heterocycles. The third-order valence-corrected chi connectivity index (χ3v) is 4.86. The van der Waals surface area contributed by atoms with Gasteiger partial charge in [-0.3, -0.25) is 9.97 Å². The number of hydrogen-bond acceptors (Lipinski definition) is 2. The van der Waals surface area contributed by atoms with Gasteiger partial charge in [0.05, 0.1) is 28.9 Å². The first-order chi connectivity index (χ1) is 11.1. The molecule has 0 saturated carbocycles. The number of aromatic nitrogens is 3. The monoisotopic (exact) mass is 299 g/mol. The molecule has 0 aliphatic rings. The van der Waals surface area contributed by atoms with E-state index in [-0.39, 0.29) is 5.41 Å². The number of fused-ring (bicyclic) bond motifs is 6. The van der Waals surface area contributed by atoms with E-state index in [2.05, 4.69) is 59.4 Å². The largest absolute Gasteiger partial charge is 0.305 e. The van der Waals surface area contributed by atoms with Crippen LogP contribution in [0.25, 0.3) is 38.1 Å². The van der Waals surface area contributed by atoms with Crippen molar-refractivity contribution in [3.8, 4) is 0 Å². The van der Waals surface area contributed by atoms with Crippen molar-refractivity contribution in [3.63, 3.8) is 0 Å². The first-order valence-electron chi connectivity index (χ1n) is 7.93. The summed E-state index contributed by atoms with van der Waals surface area (Å²) < 4.78 is 2.31. The zero-order chi connectivity index (χ0) is 15.8. The maximum atomic E-state index is 4.34. The van der Waals surface area contributed by atoms with Gasteiger partial charge in [0.2, 0.25) is 0 Å². The molecule has 0 atom stereocenters. The Morgan fingerprint density at radius 3 is 1.78 bits per heavy atom. The van der Waals surface area contributed by atoms with Crippen molar-refractivity contribution >= 4 is 38.1 Å². The van der Waals surface area contributed by atoms with Gasteiger partial charge < -0.3 is 4.40 Å². The molecule has 4 aromatic heterocycles. The number of hydrogen-bond donors (Lipinski definition) is 0. The molecule has 0 amide bonds. The summed E-state index contributed by atoms with van der Waals surface area (Å²) in [6.07, 6.45) is 7.67. The molecule has 5 rings (SSSR count). The van der Waals surface area contributed by atoms with E-state index in [0.29, 0.717) is 0 Å². The van der Waals surface area contributed by atoms with Crippen LogP contribution in [0.3, 0.4) is 0 Å². The van der Waals surface area contributed by atoms with Crippen LogP contribution in [0.15, 0.2) is 49.1 Å². The van der Waals surface area contributed by atoms with Crippen LogP contribution in [0, 0.1) is 0 Å². The van der Waals surface area contributed by atoms with Crippen LogP contribution >= 0.6 is 0 Å². The second-order valence-electron chi connectivity index (χ2n) is 7.29. The van der Waals surface area contributed by atoms with Crippen molar-refractivity contribution in [2.75, 3.05) is 0 Å². The SMILES string of the molecule is CC(C)(C)c1cc2c3ccncc3n3c4cnccc4c(c1)c23. The Kier molecular flexibility index (Phi) is 2.22. The molecule has 0 N–H and O–H groups in total. The second kappa shape index (κ2) is 3.99. The molecule has 0 bridgehead atoms. The highest BCUT2D eigenvalue weighted by Crippen LogP contribution is 2.40. The van der Waals surface area contributed by atoms with E-state index < -0.39 is 0 Å². The molecule has 23 heavy (non-hydrogen) atoms. The first kappa shape index (κ1) is 12.8.